The molecule has 0 unspecified atom stereocenters. The summed E-state index contributed by atoms with van der Waals surface area (Å²) >= 11 is 1.56. The van der Waals surface area contributed by atoms with Crippen LogP contribution in [0.25, 0.3) is 0 Å². The Morgan fingerprint density at radius 1 is 1.17 bits per heavy atom. The van der Waals surface area contributed by atoms with E-state index < -0.39 is 5.91 Å². The molecule has 3 N–H and O–H groups in total. The maximum absolute atomic E-state index is 12.2. The molecule has 1 aromatic carbocycles. The molecule has 1 saturated heterocycles. The fourth-order valence-electron chi connectivity index (χ4n) is 2.99. The smallest absolute Gasteiger partial charge is 0.250 e. The fraction of sp³-hybridized carbons (Fsp3) is 0.333. The van der Waals surface area contributed by atoms with Crippen molar-refractivity contribution in [1.29, 1.82) is 0 Å². The zero-order valence-electron chi connectivity index (χ0n) is 13.5. The molecule has 3 rings (SSSR count). The van der Waals surface area contributed by atoms with Crippen LogP contribution in [-0.4, -0.2) is 24.9 Å². The van der Waals surface area contributed by atoms with Crippen molar-refractivity contribution in [3.05, 3.63) is 46.2 Å². The third-order valence-electron chi connectivity index (χ3n) is 4.16. The zero-order chi connectivity index (χ0) is 16.9. The Morgan fingerprint density at radius 2 is 1.96 bits per heavy atom. The Morgan fingerprint density at radius 3 is 2.62 bits per heavy atom. The first-order valence-electron chi connectivity index (χ1n) is 8.14. The highest BCUT2D eigenvalue weighted by atomic mass is 32.1. The van der Waals surface area contributed by atoms with Crippen molar-refractivity contribution in [1.82, 2.24) is 0 Å². The number of anilines is 2. The first-order chi connectivity index (χ1) is 11.6. The SMILES string of the molecule is NC(=O)c1ccc(NC(=O)Cc2cccs2)cc1N1CCCCC1. The fourth-order valence-corrected chi connectivity index (χ4v) is 3.69. The molecule has 1 fully saturated rings. The highest BCUT2D eigenvalue weighted by Crippen LogP contribution is 2.27. The maximum Gasteiger partial charge on any atom is 0.250 e. The van der Waals surface area contributed by atoms with Gasteiger partial charge in [-0.2, -0.15) is 0 Å². The summed E-state index contributed by atoms with van der Waals surface area (Å²) in [5.41, 5.74) is 7.53. The lowest BCUT2D eigenvalue weighted by atomic mass is 10.1. The molecule has 0 aliphatic carbocycles. The minimum Gasteiger partial charge on any atom is -0.371 e. The number of amides is 2. The summed E-state index contributed by atoms with van der Waals surface area (Å²) < 4.78 is 0. The van der Waals surface area contributed by atoms with E-state index in [0.717, 1.165) is 36.5 Å². The molecule has 6 heteroatoms. The van der Waals surface area contributed by atoms with E-state index in [4.69, 9.17) is 5.73 Å². The Balaban J connectivity index is 1.78. The van der Waals surface area contributed by atoms with Crippen LogP contribution in [0.3, 0.4) is 0 Å². The molecule has 1 aromatic heterocycles. The van der Waals surface area contributed by atoms with Gasteiger partial charge in [0.25, 0.3) is 5.91 Å². The standard InChI is InChI=1S/C18H21N3O2S/c19-18(23)15-7-6-13(11-16(15)21-8-2-1-3-9-21)20-17(22)12-14-5-4-10-24-14/h4-7,10-11H,1-3,8-9,12H2,(H2,19,23)(H,20,22). The van der Waals surface area contributed by atoms with Gasteiger partial charge in [-0.1, -0.05) is 6.07 Å². The van der Waals surface area contributed by atoms with Gasteiger partial charge < -0.3 is 16.0 Å². The number of rotatable bonds is 5. The van der Waals surface area contributed by atoms with Crippen LogP contribution in [0.2, 0.25) is 0 Å². The molecule has 24 heavy (non-hydrogen) atoms. The predicted molar refractivity (Wildman–Crippen MR) is 97.7 cm³/mol. The topological polar surface area (TPSA) is 75.4 Å². The van der Waals surface area contributed by atoms with E-state index in [1.54, 1.807) is 23.5 Å². The number of piperidine rings is 1. The van der Waals surface area contributed by atoms with Crippen molar-refractivity contribution >= 4 is 34.5 Å². The molecule has 1 aliphatic heterocycles. The summed E-state index contributed by atoms with van der Waals surface area (Å²) in [4.78, 5) is 27.1. The zero-order valence-corrected chi connectivity index (χ0v) is 14.3. The van der Waals surface area contributed by atoms with Gasteiger partial charge >= 0.3 is 0 Å². The normalized spacial score (nSPS) is 14.4. The molecule has 5 nitrogen and oxygen atoms in total. The quantitative estimate of drug-likeness (QED) is 0.876. The Hall–Kier alpha value is -2.34. The Kier molecular flexibility index (Phi) is 5.15. The van der Waals surface area contributed by atoms with Gasteiger partial charge in [-0.25, -0.2) is 0 Å². The Labute approximate surface area is 145 Å². The van der Waals surface area contributed by atoms with E-state index in [9.17, 15) is 9.59 Å². The molecule has 1 aliphatic rings. The molecule has 0 radical (unpaired) electrons. The lowest BCUT2D eigenvalue weighted by Crippen LogP contribution is -2.31. The number of hydrogen-bond acceptors (Lipinski definition) is 4. The molecule has 0 saturated carbocycles. The number of benzene rings is 1. The van der Waals surface area contributed by atoms with Crippen LogP contribution in [0.15, 0.2) is 35.7 Å². The number of primary amides is 1. The third-order valence-corrected chi connectivity index (χ3v) is 5.03. The van der Waals surface area contributed by atoms with Gasteiger partial charge in [-0.05, 0) is 48.9 Å². The Bertz CT molecular complexity index is 722. The van der Waals surface area contributed by atoms with Crippen molar-refractivity contribution in [3.8, 4) is 0 Å². The molecule has 2 amide bonds. The molecule has 2 heterocycles. The van der Waals surface area contributed by atoms with Crippen molar-refractivity contribution in [3.63, 3.8) is 0 Å². The molecular weight excluding hydrogens is 322 g/mol. The van der Waals surface area contributed by atoms with Crippen LogP contribution >= 0.6 is 11.3 Å². The van der Waals surface area contributed by atoms with Gasteiger partial charge in [-0.15, -0.1) is 11.3 Å². The van der Waals surface area contributed by atoms with Gasteiger partial charge in [-0.3, -0.25) is 9.59 Å². The van der Waals surface area contributed by atoms with Crippen molar-refractivity contribution in [2.24, 2.45) is 5.73 Å². The molecule has 0 bridgehead atoms. The van der Waals surface area contributed by atoms with Gasteiger partial charge in [0.1, 0.15) is 0 Å². The second kappa shape index (κ2) is 7.49. The highest BCUT2D eigenvalue weighted by Gasteiger charge is 2.18. The van der Waals surface area contributed by atoms with E-state index in [-0.39, 0.29) is 5.91 Å². The summed E-state index contributed by atoms with van der Waals surface area (Å²) in [6.45, 7) is 1.82. The first-order valence-corrected chi connectivity index (χ1v) is 9.02. The highest BCUT2D eigenvalue weighted by molar-refractivity contribution is 7.10. The summed E-state index contributed by atoms with van der Waals surface area (Å²) in [5.74, 6) is -0.499. The third kappa shape index (κ3) is 3.94. The largest absolute Gasteiger partial charge is 0.371 e. The number of thiophene rings is 1. The minimum atomic E-state index is -0.438. The van der Waals surface area contributed by atoms with Crippen molar-refractivity contribution in [2.75, 3.05) is 23.3 Å². The van der Waals surface area contributed by atoms with Crippen molar-refractivity contribution in [2.45, 2.75) is 25.7 Å². The molecule has 0 spiro atoms. The van der Waals surface area contributed by atoms with Gasteiger partial charge in [0.2, 0.25) is 5.91 Å². The van der Waals surface area contributed by atoms with Gasteiger partial charge in [0, 0.05) is 23.7 Å². The monoisotopic (exact) mass is 343 g/mol. The number of nitrogens with two attached hydrogens (primary N) is 1. The summed E-state index contributed by atoms with van der Waals surface area (Å²) in [7, 11) is 0. The van der Waals surface area contributed by atoms with E-state index in [0.29, 0.717) is 17.7 Å². The van der Waals surface area contributed by atoms with E-state index in [1.807, 2.05) is 23.6 Å². The summed E-state index contributed by atoms with van der Waals surface area (Å²) in [6, 6.07) is 9.17. The van der Waals surface area contributed by atoms with Crippen LogP contribution in [0.1, 0.15) is 34.5 Å². The lowest BCUT2D eigenvalue weighted by Gasteiger charge is -2.30. The van der Waals surface area contributed by atoms with E-state index in [1.165, 1.54) is 6.42 Å². The van der Waals surface area contributed by atoms with Crippen LogP contribution in [0, 0.1) is 0 Å². The van der Waals surface area contributed by atoms with Gasteiger partial charge in [0.15, 0.2) is 0 Å². The number of carbonyl (C=O) groups is 2. The predicted octanol–water partition coefficient (Wildman–Crippen LogP) is 3.02. The van der Waals surface area contributed by atoms with Crippen molar-refractivity contribution < 1.29 is 9.59 Å². The second-order valence-corrected chi connectivity index (χ2v) is 6.98. The summed E-state index contributed by atoms with van der Waals surface area (Å²) in [5, 5.41) is 4.87. The van der Waals surface area contributed by atoms with E-state index in [2.05, 4.69) is 10.2 Å². The summed E-state index contributed by atoms with van der Waals surface area (Å²) in [6.07, 6.45) is 3.77. The number of carbonyl (C=O) groups excluding carboxylic acids is 2. The second-order valence-electron chi connectivity index (χ2n) is 5.95. The van der Waals surface area contributed by atoms with Crippen LogP contribution in [0.5, 0.6) is 0 Å². The molecule has 126 valence electrons. The average molecular weight is 343 g/mol. The van der Waals surface area contributed by atoms with Crippen LogP contribution < -0.4 is 16.0 Å². The first kappa shape index (κ1) is 16.5. The van der Waals surface area contributed by atoms with Gasteiger partial charge in [0.05, 0.1) is 17.7 Å². The molecule has 2 aromatic rings. The van der Waals surface area contributed by atoms with E-state index >= 15 is 0 Å². The average Bonchev–Trinajstić information content (AvgIpc) is 3.08. The van der Waals surface area contributed by atoms with Crippen LogP contribution in [-0.2, 0) is 11.2 Å². The lowest BCUT2D eigenvalue weighted by molar-refractivity contribution is -0.115. The minimum absolute atomic E-state index is 0.0612. The molecular formula is C18H21N3O2S. The maximum atomic E-state index is 12.2. The number of nitrogens with one attached hydrogen (secondary N) is 1. The van der Waals surface area contributed by atoms with Crippen LogP contribution in [0.4, 0.5) is 11.4 Å². The molecule has 0 atom stereocenters. The number of hydrogen-bond donors (Lipinski definition) is 2. The number of nitrogens with zero attached hydrogens (tertiary/aromatic N) is 1.